The molecule has 116 valence electrons. The van der Waals surface area contributed by atoms with Gasteiger partial charge in [-0.3, -0.25) is 0 Å². The Morgan fingerprint density at radius 2 is 2.10 bits per heavy atom. The molecule has 1 fully saturated rings. The summed E-state index contributed by atoms with van der Waals surface area (Å²) in [7, 11) is 0. The molecule has 1 amide bonds. The lowest BCUT2D eigenvalue weighted by atomic mass is 10.1. The Labute approximate surface area is 131 Å². The molecule has 0 bridgehead atoms. The van der Waals surface area contributed by atoms with Crippen LogP contribution in [0, 0.1) is 0 Å². The number of nitrogens with zero attached hydrogens (tertiary/aromatic N) is 1. The lowest BCUT2D eigenvalue weighted by molar-refractivity contribution is 0.0206. The Hall–Kier alpha value is -1.42. The molecule has 0 aliphatic carbocycles. The second-order valence-corrected chi connectivity index (χ2v) is 6.80. The minimum atomic E-state index is -0.458. The van der Waals surface area contributed by atoms with Crippen LogP contribution in [0.1, 0.15) is 33.6 Å². The number of hydrogen-bond donors (Lipinski definition) is 1. The number of ether oxygens (including phenoxy) is 1. The van der Waals surface area contributed by atoms with E-state index < -0.39 is 5.60 Å². The standard InChI is InChI=1S/C16H23ClN2O2/c1-16(2,3)21-15(20)19-10-6-7-12(11-19)18-14-9-5-4-8-13(14)17/h4-5,8-9,12,18H,6-7,10-11H2,1-3H3. The first-order chi connectivity index (χ1) is 9.85. The van der Waals surface area contributed by atoms with Crippen LogP contribution < -0.4 is 5.32 Å². The molecule has 1 aromatic rings. The normalized spacial score (nSPS) is 19.2. The van der Waals surface area contributed by atoms with Crippen molar-refractivity contribution < 1.29 is 9.53 Å². The van der Waals surface area contributed by atoms with Gasteiger partial charge in [-0.2, -0.15) is 0 Å². The molecule has 1 aliphatic rings. The second kappa shape index (κ2) is 6.56. The lowest BCUT2D eigenvalue weighted by Crippen LogP contribution is -2.47. The Bertz CT molecular complexity index is 499. The van der Waals surface area contributed by atoms with Crippen molar-refractivity contribution in [2.75, 3.05) is 18.4 Å². The minimum Gasteiger partial charge on any atom is -0.444 e. The van der Waals surface area contributed by atoms with Gasteiger partial charge in [0.05, 0.1) is 10.7 Å². The van der Waals surface area contributed by atoms with Crippen molar-refractivity contribution in [3.05, 3.63) is 29.3 Å². The predicted octanol–water partition coefficient (Wildman–Crippen LogP) is 4.15. The van der Waals surface area contributed by atoms with E-state index in [2.05, 4.69) is 5.32 Å². The van der Waals surface area contributed by atoms with Crippen LogP contribution in [-0.4, -0.2) is 35.7 Å². The molecule has 5 heteroatoms. The van der Waals surface area contributed by atoms with Gasteiger partial charge < -0.3 is 15.0 Å². The average molecular weight is 311 g/mol. The van der Waals surface area contributed by atoms with E-state index in [0.717, 1.165) is 25.1 Å². The fourth-order valence-electron chi connectivity index (χ4n) is 2.39. The Morgan fingerprint density at radius 3 is 2.76 bits per heavy atom. The first-order valence-electron chi connectivity index (χ1n) is 7.34. The van der Waals surface area contributed by atoms with Crippen molar-refractivity contribution in [2.24, 2.45) is 0 Å². The van der Waals surface area contributed by atoms with Gasteiger partial charge in [0.1, 0.15) is 5.60 Å². The summed E-state index contributed by atoms with van der Waals surface area (Å²) in [5.41, 5.74) is 0.454. The van der Waals surface area contributed by atoms with E-state index in [1.165, 1.54) is 0 Å². The second-order valence-electron chi connectivity index (χ2n) is 6.39. The molecule has 1 heterocycles. The minimum absolute atomic E-state index is 0.200. The van der Waals surface area contributed by atoms with Crippen molar-refractivity contribution in [1.29, 1.82) is 0 Å². The molecule has 1 aromatic carbocycles. The molecule has 1 unspecified atom stereocenters. The molecule has 2 rings (SSSR count). The largest absolute Gasteiger partial charge is 0.444 e. The summed E-state index contributed by atoms with van der Waals surface area (Å²) in [4.78, 5) is 13.9. The molecular formula is C16H23ClN2O2. The number of carbonyl (C=O) groups is 1. The first-order valence-corrected chi connectivity index (χ1v) is 7.72. The molecule has 1 saturated heterocycles. The van der Waals surface area contributed by atoms with E-state index in [4.69, 9.17) is 16.3 Å². The van der Waals surface area contributed by atoms with E-state index >= 15 is 0 Å². The monoisotopic (exact) mass is 310 g/mol. The van der Waals surface area contributed by atoms with Gasteiger partial charge in [0, 0.05) is 19.1 Å². The van der Waals surface area contributed by atoms with Crippen molar-refractivity contribution in [2.45, 2.75) is 45.3 Å². The van der Waals surface area contributed by atoms with E-state index in [-0.39, 0.29) is 12.1 Å². The van der Waals surface area contributed by atoms with Gasteiger partial charge in [-0.25, -0.2) is 4.79 Å². The molecular weight excluding hydrogens is 288 g/mol. The first kappa shape index (κ1) is 16.0. The fraction of sp³-hybridized carbons (Fsp3) is 0.562. The third-order valence-corrected chi connectivity index (χ3v) is 3.64. The number of hydrogen-bond acceptors (Lipinski definition) is 3. The van der Waals surface area contributed by atoms with E-state index in [1.807, 2.05) is 45.0 Å². The van der Waals surface area contributed by atoms with E-state index in [9.17, 15) is 4.79 Å². The van der Waals surface area contributed by atoms with Gasteiger partial charge >= 0.3 is 6.09 Å². The van der Waals surface area contributed by atoms with Crippen LogP contribution in [0.15, 0.2) is 24.3 Å². The average Bonchev–Trinajstić information content (AvgIpc) is 2.40. The number of anilines is 1. The van der Waals surface area contributed by atoms with Crippen molar-refractivity contribution in [1.82, 2.24) is 4.90 Å². The summed E-state index contributed by atoms with van der Waals surface area (Å²) in [6.07, 6.45) is 1.74. The lowest BCUT2D eigenvalue weighted by Gasteiger charge is -2.35. The third kappa shape index (κ3) is 4.81. The quantitative estimate of drug-likeness (QED) is 0.892. The molecule has 4 nitrogen and oxygen atoms in total. The number of likely N-dealkylation sites (tertiary alicyclic amines) is 1. The highest BCUT2D eigenvalue weighted by Crippen LogP contribution is 2.24. The van der Waals surface area contributed by atoms with Crippen LogP contribution in [0.25, 0.3) is 0 Å². The summed E-state index contributed by atoms with van der Waals surface area (Å²) in [6, 6.07) is 7.86. The number of amides is 1. The maximum absolute atomic E-state index is 12.1. The molecule has 1 atom stereocenters. The van der Waals surface area contributed by atoms with Crippen LogP contribution in [0.3, 0.4) is 0 Å². The zero-order valence-electron chi connectivity index (χ0n) is 12.9. The van der Waals surface area contributed by atoms with E-state index in [1.54, 1.807) is 4.90 Å². The van der Waals surface area contributed by atoms with Crippen molar-refractivity contribution in [3.63, 3.8) is 0 Å². The Morgan fingerprint density at radius 1 is 1.38 bits per heavy atom. The molecule has 1 aliphatic heterocycles. The highest BCUT2D eigenvalue weighted by molar-refractivity contribution is 6.33. The highest BCUT2D eigenvalue weighted by Gasteiger charge is 2.27. The van der Waals surface area contributed by atoms with Gasteiger partial charge in [0.15, 0.2) is 0 Å². The smallest absolute Gasteiger partial charge is 0.410 e. The number of halogens is 1. The van der Waals surface area contributed by atoms with Crippen molar-refractivity contribution in [3.8, 4) is 0 Å². The van der Waals surface area contributed by atoms with Gasteiger partial charge in [-0.05, 0) is 45.7 Å². The van der Waals surface area contributed by atoms with Gasteiger partial charge in [-0.15, -0.1) is 0 Å². The summed E-state index contributed by atoms with van der Waals surface area (Å²) in [5, 5.41) is 4.12. The Balaban J connectivity index is 1.95. The summed E-state index contributed by atoms with van der Waals surface area (Å²) < 4.78 is 5.43. The van der Waals surface area contributed by atoms with E-state index in [0.29, 0.717) is 11.6 Å². The van der Waals surface area contributed by atoms with Gasteiger partial charge in [0.2, 0.25) is 0 Å². The molecule has 21 heavy (non-hydrogen) atoms. The topological polar surface area (TPSA) is 41.6 Å². The zero-order valence-corrected chi connectivity index (χ0v) is 13.6. The number of nitrogens with one attached hydrogen (secondary N) is 1. The van der Waals surface area contributed by atoms with Crippen LogP contribution in [0.4, 0.5) is 10.5 Å². The Kier molecular flexibility index (Phi) is 4.99. The number of benzene rings is 1. The molecule has 0 radical (unpaired) electrons. The maximum Gasteiger partial charge on any atom is 0.410 e. The SMILES string of the molecule is CC(C)(C)OC(=O)N1CCCC(Nc2ccccc2Cl)C1. The molecule has 0 aromatic heterocycles. The maximum atomic E-state index is 12.1. The third-order valence-electron chi connectivity index (χ3n) is 3.31. The molecule has 1 N–H and O–H groups in total. The fourth-order valence-corrected chi connectivity index (χ4v) is 2.58. The summed E-state index contributed by atoms with van der Waals surface area (Å²) in [5.74, 6) is 0. The summed E-state index contributed by atoms with van der Waals surface area (Å²) >= 11 is 6.16. The highest BCUT2D eigenvalue weighted by atomic mass is 35.5. The van der Waals surface area contributed by atoms with Crippen molar-refractivity contribution >= 4 is 23.4 Å². The van der Waals surface area contributed by atoms with Crippen LogP contribution in [0.5, 0.6) is 0 Å². The predicted molar refractivity (Wildman–Crippen MR) is 85.9 cm³/mol. The van der Waals surface area contributed by atoms with Crippen LogP contribution in [-0.2, 0) is 4.74 Å². The molecule has 0 saturated carbocycles. The van der Waals surface area contributed by atoms with Crippen LogP contribution >= 0.6 is 11.6 Å². The molecule has 0 spiro atoms. The van der Waals surface area contributed by atoms with Crippen LogP contribution in [0.2, 0.25) is 5.02 Å². The number of para-hydroxylation sites is 1. The van der Waals surface area contributed by atoms with Gasteiger partial charge in [-0.1, -0.05) is 23.7 Å². The summed E-state index contributed by atoms with van der Waals surface area (Å²) in [6.45, 7) is 7.03. The number of piperidine rings is 1. The zero-order chi connectivity index (χ0) is 15.5. The van der Waals surface area contributed by atoms with Gasteiger partial charge in [0.25, 0.3) is 0 Å². The number of rotatable bonds is 2. The number of carbonyl (C=O) groups excluding carboxylic acids is 1.